The molecule has 37 heavy (non-hydrogen) atoms. The molecule has 10 nitrogen and oxygen atoms in total. The largest absolute Gasteiger partial charge is 0.459 e. The van der Waals surface area contributed by atoms with Crippen molar-refractivity contribution in [1.82, 2.24) is 5.32 Å². The van der Waals surface area contributed by atoms with Crippen molar-refractivity contribution in [2.75, 3.05) is 6.61 Å². The predicted octanol–water partition coefficient (Wildman–Crippen LogP) is 1.27. The number of hydrogen-bond donors (Lipinski definition) is 5. The standard InChI is InChI=1S/C27H43NO9/c1-16(8-11-23-25(32)27(34,15-29)14-26(6,33)37-23)7-10-22-17(2)13-21(19(4)36-22)28-24(31)12-9-18(3)35-20(5)30/h7-9,11-12,17-19,21-23,25,29,32-34H,10,13-15H2,1-6H3,(H,28,31)/b11-8+,12-9-,16-7+/t17-,18-,19+,21+,22-,23+,25+,26-,27+/m0/s1. The summed E-state index contributed by atoms with van der Waals surface area (Å²) in [5.41, 5.74) is -0.988. The zero-order chi connectivity index (χ0) is 28.0. The van der Waals surface area contributed by atoms with Crippen LogP contribution in [0.1, 0.15) is 60.8 Å². The number of aliphatic hydroxyl groups excluding tert-OH is 2. The number of carbonyl (C=O) groups excluding carboxylic acids is 2. The molecule has 0 aromatic heterocycles. The number of amides is 1. The van der Waals surface area contributed by atoms with Gasteiger partial charge in [-0.3, -0.25) is 9.59 Å². The summed E-state index contributed by atoms with van der Waals surface area (Å²) in [6, 6.07) is -0.152. The predicted molar refractivity (Wildman–Crippen MR) is 136 cm³/mol. The summed E-state index contributed by atoms with van der Waals surface area (Å²) in [4.78, 5) is 23.3. The Morgan fingerprint density at radius 3 is 2.51 bits per heavy atom. The molecule has 0 spiro atoms. The van der Waals surface area contributed by atoms with Gasteiger partial charge in [0.2, 0.25) is 5.91 Å². The van der Waals surface area contributed by atoms with E-state index in [1.54, 1.807) is 19.1 Å². The number of hydrogen-bond acceptors (Lipinski definition) is 9. The Labute approximate surface area is 219 Å². The van der Waals surface area contributed by atoms with Gasteiger partial charge < -0.3 is 40.0 Å². The molecule has 0 aromatic rings. The molecule has 0 bridgehead atoms. The quantitative estimate of drug-likeness (QED) is 0.170. The Bertz CT molecular complexity index is 883. The van der Waals surface area contributed by atoms with Gasteiger partial charge in [-0.15, -0.1) is 0 Å². The van der Waals surface area contributed by atoms with E-state index in [1.165, 1.54) is 26.0 Å². The summed E-state index contributed by atoms with van der Waals surface area (Å²) in [6.45, 7) is 9.53. The number of nitrogens with one attached hydrogen (secondary N) is 1. The summed E-state index contributed by atoms with van der Waals surface area (Å²) in [7, 11) is 0. The Hall–Kier alpha value is -2.08. The highest BCUT2D eigenvalue weighted by Crippen LogP contribution is 2.35. The molecule has 2 heterocycles. The highest BCUT2D eigenvalue weighted by molar-refractivity contribution is 5.87. The number of rotatable bonds is 9. The molecule has 0 aliphatic carbocycles. The van der Waals surface area contributed by atoms with Crippen molar-refractivity contribution in [3.63, 3.8) is 0 Å². The van der Waals surface area contributed by atoms with Crippen LogP contribution in [0, 0.1) is 5.92 Å². The van der Waals surface area contributed by atoms with Gasteiger partial charge in [0.05, 0.1) is 24.9 Å². The zero-order valence-corrected chi connectivity index (χ0v) is 22.6. The molecule has 0 saturated carbocycles. The first kappa shape index (κ1) is 31.1. The van der Waals surface area contributed by atoms with Gasteiger partial charge in [0, 0.05) is 19.4 Å². The molecule has 9 atom stereocenters. The Kier molecular flexibility index (Phi) is 11.0. The van der Waals surface area contributed by atoms with Crippen LogP contribution in [-0.4, -0.2) is 86.9 Å². The maximum Gasteiger partial charge on any atom is 0.303 e. The van der Waals surface area contributed by atoms with E-state index in [-0.39, 0.29) is 36.5 Å². The van der Waals surface area contributed by atoms with E-state index in [2.05, 4.69) is 12.2 Å². The van der Waals surface area contributed by atoms with E-state index in [4.69, 9.17) is 14.2 Å². The molecule has 5 N–H and O–H groups in total. The minimum atomic E-state index is -1.86. The van der Waals surface area contributed by atoms with Gasteiger partial charge in [-0.1, -0.05) is 30.7 Å². The summed E-state index contributed by atoms with van der Waals surface area (Å²) in [5, 5.41) is 43.6. The second-order valence-electron chi connectivity index (χ2n) is 10.6. The van der Waals surface area contributed by atoms with E-state index < -0.39 is 42.3 Å². The number of aliphatic hydroxyl groups is 4. The molecule has 10 heteroatoms. The topological polar surface area (TPSA) is 155 Å². The third kappa shape index (κ3) is 9.31. The van der Waals surface area contributed by atoms with E-state index in [0.717, 1.165) is 12.0 Å². The number of carbonyl (C=O) groups is 2. The molecule has 2 rings (SSSR count). The molecule has 0 radical (unpaired) electrons. The summed E-state index contributed by atoms with van der Waals surface area (Å²) in [6.07, 6.45) is 6.11. The lowest BCUT2D eigenvalue weighted by molar-refractivity contribution is -0.311. The van der Waals surface area contributed by atoms with Crippen molar-refractivity contribution in [2.45, 2.75) is 109 Å². The molecule has 1 amide bonds. The lowest BCUT2D eigenvalue weighted by atomic mass is 9.83. The monoisotopic (exact) mass is 525 g/mol. The minimum absolute atomic E-state index is 0.0530. The lowest BCUT2D eigenvalue weighted by Gasteiger charge is -2.46. The van der Waals surface area contributed by atoms with Gasteiger partial charge in [-0.05, 0) is 52.5 Å². The van der Waals surface area contributed by atoms with Crippen LogP contribution in [0.15, 0.2) is 36.0 Å². The van der Waals surface area contributed by atoms with Crippen LogP contribution >= 0.6 is 0 Å². The number of esters is 1. The van der Waals surface area contributed by atoms with Crippen LogP contribution in [0.25, 0.3) is 0 Å². The van der Waals surface area contributed by atoms with Crippen molar-refractivity contribution >= 4 is 11.9 Å². The maximum absolute atomic E-state index is 12.3. The summed E-state index contributed by atoms with van der Waals surface area (Å²) >= 11 is 0. The van der Waals surface area contributed by atoms with Crippen molar-refractivity contribution in [3.8, 4) is 0 Å². The fourth-order valence-corrected chi connectivity index (χ4v) is 4.76. The molecule has 2 aliphatic heterocycles. The molecule has 210 valence electrons. The van der Waals surface area contributed by atoms with E-state index in [0.29, 0.717) is 6.42 Å². The lowest BCUT2D eigenvalue weighted by Crippen LogP contribution is -2.62. The highest BCUT2D eigenvalue weighted by Gasteiger charge is 2.51. The SMILES string of the molecule is CC(=O)O[C@@H](C)/C=C\C(=O)N[C@@H]1C[C@H](C)[C@H](C/C=C(C)/C=C/[C@H]2O[C@](C)(O)C[C@@](O)(CO)[C@@H]2O)O[C@@H]1C. The van der Waals surface area contributed by atoms with E-state index in [9.17, 15) is 30.0 Å². The second-order valence-corrected chi connectivity index (χ2v) is 10.6. The fraction of sp³-hybridized carbons (Fsp3) is 0.704. The number of allylic oxidation sites excluding steroid dienone is 2. The molecule has 0 aromatic carbocycles. The van der Waals surface area contributed by atoms with Crippen LogP contribution < -0.4 is 5.32 Å². The fourth-order valence-electron chi connectivity index (χ4n) is 4.76. The van der Waals surface area contributed by atoms with E-state index in [1.807, 2.05) is 19.9 Å². The third-order valence-corrected chi connectivity index (χ3v) is 6.80. The van der Waals surface area contributed by atoms with Crippen molar-refractivity contribution in [2.24, 2.45) is 5.92 Å². The zero-order valence-electron chi connectivity index (χ0n) is 22.6. The number of ether oxygens (including phenoxy) is 3. The molecule has 2 fully saturated rings. The third-order valence-electron chi connectivity index (χ3n) is 6.80. The Morgan fingerprint density at radius 2 is 1.89 bits per heavy atom. The van der Waals surface area contributed by atoms with Gasteiger partial charge in [-0.25, -0.2) is 0 Å². The summed E-state index contributed by atoms with van der Waals surface area (Å²) in [5.74, 6) is -2.19. The Balaban J connectivity index is 1.91. The molecular weight excluding hydrogens is 482 g/mol. The molecule has 2 aliphatic rings. The normalized spacial score (nSPS) is 38.1. The van der Waals surface area contributed by atoms with Gasteiger partial charge in [0.25, 0.3) is 0 Å². The van der Waals surface area contributed by atoms with Crippen LogP contribution in [0.2, 0.25) is 0 Å². The van der Waals surface area contributed by atoms with Gasteiger partial charge in [0.15, 0.2) is 5.79 Å². The van der Waals surface area contributed by atoms with Crippen molar-refractivity contribution < 1.29 is 44.2 Å². The smallest absolute Gasteiger partial charge is 0.303 e. The first-order valence-corrected chi connectivity index (χ1v) is 12.7. The van der Waals surface area contributed by atoms with Gasteiger partial charge in [-0.2, -0.15) is 0 Å². The second kappa shape index (κ2) is 13.1. The van der Waals surface area contributed by atoms with Crippen molar-refractivity contribution in [1.29, 1.82) is 0 Å². The first-order chi connectivity index (χ1) is 17.2. The minimum Gasteiger partial charge on any atom is -0.459 e. The van der Waals surface area contributed by atoms with Gasteiger partial charge >= 0.3 is 5.97 Å². The van der Waals surface area contributed by atoms with E-state index >= 15 is 0 Å². The average Bonchev–Trinajstić information content (AvgIpc) is 2.79. The van der Waals surface area contributed by atoms with Gasteiger partial charge in [0.1, 0.15) is 23.9 Å². The van der Waals surface area contributed by atoms with Crippen LogP contribution in [0.4, 0.5) is 0 Å². The van der Waals surface area contributed by atoms with Crippen LogP contribution in [0.5, 0.6) is 0 Å². The summed E-state index contributed by atoms with van der Waals surface area (Å²) < 4.78 is 16.6. The maximum atomic E-state index is 12.3. The molecule has 0 unspecified atom stereocenters. The first-order valence-electron chi connectivity index (χ1n) is 12.7. The highest BCUT2D eigenvalue weighted by atomic mass is 16.6. The molecule has 2 saturated heterocycles. The molecular formula is C27H43NO9. The average molecular weight is 526 g/mol. The van der Waals surface area contributed by atoms with Crippen LogP contribution in [0.3, 0.4) is 0 Å². The van der Waals surface area contributed by atoms with Crippen molar-refractivity contribution in [3.05, 3.63) is 36.0 Å². The Morgan fingerprint density at radius 1 is 1.22 bits per heavy atom. The van der Waals surface area contributed by atoms with Crippen LogP contribution in [-0.2, 0) is 23.8 Å².